The molecule has 0 aliphatic carbocycles. The molecular formula is C26H26N2O3. The van der Waals surface area contributed by atoms with E-state index in [1.165, 1.54) is 0 Å². The van der Waals surface area contributed by atoms with E-state index in [9.17, 15) is 14.7 Å². The fourth-order valence-corrected chi connectivity index (χ4v) is 4.47. The number of primary amides is 1. The summed E-state index contributed by atoms with van der Waals surface area (Å²) in [5.41, 5.74) is 11.6. The minimum Gasteiger partial charge on any atom is -0.508 e. The summed E-state index contributed by atoms with van der Waals surface area (Å²) in [6.07, 6.45) is 0.798. The van der Waals surface area contributed by atoms with Gasteiger partial charge in [-0.25, -0.2) is 0 Å². The van der Waals surface area contributed by atoms with Gasteiger partial charge in [0, 0.05) is 19.5 Å². The first-order valence-electron chi connectivity index (χ1n) is 10.5. The Balaban J connectivity index is 1.70. The highest BCUT2D eigenvalue weighted by Crippen LogP contribution is 2.40. The normalized spacial score (nSPS) is 15.6. The third-order valence-corrected chi connectivity index (χ3v) is 5.94. The molecule has 0 saturated heterocycles. The van der Waals surface area contributed by atoms with Gasteiger partial charge in [0.15, 0.2) is 0 Å². The van der Waals surface area contributed by atoms with E-state index in [1.54, 1.807) is 19.1 Å². The van der Waals surface area contributed by atoms with Crippen molar-refractivity contribution in [2.75, 3.05) is 0 Å². The molecule has 5 nitrogen and oxygen atoms in total. The summed E-state index contributed by atoms with van der Waals surface area (Å²) in [4.78, 5) is 26.0. The lowest BCUT2D eigenvalue weighted by Gasteiger charge is -2.24. The van der Waals surface area contributed by atoms with Crippen molar-refractivity contribution in [3.63, 3.8) is 0 Å². The highest BCUT2D eigenvalue weighted by atomic mass is 16.3. The summed E-state index contributed by atoms with van der Waals surface area (Å²) in [5, 5.41) is 10.4. The smallest absolute Gasteiger partial charge is 0.239 e. The summed E-state index contributed by atoms with van der Waals surface area (Å²) in [7, 11) is 0. The molecule has 0 spiro atoms. The number of fused-ring (bicyclic) bond motifs is 1. The predicted molar refractivity (Wildman–Crippen MR) is 120 cm³/mol. The van der Waals surface area contributed by atoms with Crippen LogP contribution < -0.4 is 5.73 Å². The van der Waals surface area contributed by atoms with Gasteiger partial charge in [0.25, 0.3) is 0 Å². The molecule has 1 unspecified atom stereocenters. The van der Waals surface area contributed by atoms with Gasteiger partial charge in [-0.15, -0.1) is 0 Å². The number of phenols is 1. The zero-order valence-corrected chi connectivity index (χ0v) is 17.5. The highest BCUT2D eigenvalue weighted by Gasteiger charge is 2.36. The quantitative estimate of drug-likeness (QED) is 0.609. The summed E-state index contributed by atoms with van der Waals surface area (Å²) in [5.74, 6) is -0.191. The lowest BCUT2D eigenvalue weighted by Crippen LogP contribution is -2.32. The Morgan fingerprint density at radius 2 is 1.74 bits per heavy atom. The summed E-state index contributed by atoms with van der Waals surface area (Å²) < 4.78 is 0. The number of amides is 1. The standard InChI is InChI=1S/C26H26N2O3/c1-17(29)11-12-21-23-16-28(25(26(27)31)22(23)13-14-24(21)30)15-19-9-5-6-10-20(19)18-7-3-2-4-8-18/h2-10,13-14,25,30H,11-12,15-16H2,1H3,(H2,27,31). The van der Waals surface area contributed by atoms with Gasteiger partial charge in [-0.05, 0) is 52.8 Å². The van der Waals surface area contributed by atoms with Crippen LogP contribution in [-0.2, 0) is 29.1 Å². The largest absolute Gasteiger partial charge is 0.508 e. The van der Waals surface area contributed by atoms with Crippen LogP contribution in [0.4, 0.5) is 0 Å². The number of aromatic hydroxyl groups is 1. The Labute approximate surface area is 182 Å². The van der Waals surface area contributed by atoms with Crippen LogP contribution in [0.1, 0.15) is 41.6 Å². The first-order valence-corrected chi connectivity index (χ1v) is 10.5. The van der Waals surface area contributed by atoms with Crippen molar-refractivity contribution >= 4 is 11.7 Å². The molecule has 1 aliphatic rings. The topological polar surface area (TPSA) is 83.6 Å². The van der Waals surface area contributed by atoms with E-state index >= 15 is 0 Å². The van der Waals surface area contributed by atoms with E-state index in [0.717, 1.165) is 33.4 Å². The number of rotatable bonds is 7. The number of phenolic OH excluding ortho intramolecular Hbond substituents is 1. The SMILES string of the molecule is CC(=O)CCc1c(O)ccc2c1CN(Cc1ccccc1-c1ccccc1)C2C(N)=O. The number of hydrogen-bond acceptors (Lipinski definition) is 4. The Kier molecular flexibility index (Phi) is 5.87. The Bertz CT molecular complexity index is 1120. The van der Waals surface area contributed by atoms with Crippen LogP contribution in [0.5, 0.6) is 5.75 Å². The number of Topliss-reactive ketones (excluding diaryl/α,β-unsaturated/α-hetero) is 1. The lowest BCUT2D eigenvalue weighted by molar-refractivity contribution is -0.123. The monoisotopic (exact) mass is 414 g/mol. The van der Waals surface area contributed by atoms with Gasteiger partial charge in [-0.1, -0.05) is 60.7 Å². The zero-order valence-electron chi connectivity index (χ0n) is 17.5. The first-order chi connectivity index (χ1) is 15.0. The van der Waals surface area contributed by atoms with Crippen molar-refractivity contribution in [2.45, 2.75) is 38.9 Å². The van der Waals surface area contributed by atoms with Gasteiger partial charge >= 0.3 is 0 Å². The maximum absolute atomic E-state index is 12.4. The molecule has 1 heterocycles. The number of carbonyl (C=O) groups is 2. The second kappa shape index (κ2) is 8.74. The van der Waals surface area contributed by atoms with E-state index in [2.05, 4.69) is 24.3 Å². The molecule has 1 aliphatic heterocycles. The minimum atomic E-state index is -0.574. The van der Waals surface area contributed by atoms with Gasteiger partial charge in [-0.3, -0.25) is 9.69 Å². The fourth-order valence-electron chi connectivity index (χ4n) is 4.47. The van der Waals surface area contributed by atoms with Crippen molar-refractivity contribution < 1.29 is 14.7 Å². The van der Waals surface area contributed by atoms with Crippen LogP contribution >= 0.6 is 0 Å². The van der Waals surface area contributed by atoms with Crippen LogP contribution in [0.25, 0.3) is 11.1 Å². The van der Waals surface area contributed by atoms with Gasteiger partial charge in [0.05, 0.1) is 0 Å². The molecular weight excluding hydrogens is 388 g/mol. The van der Waals surface area contributed by atoms with Gasteiger partial charge in [-0.2, -0.15) is 0 Å². The Morgan fingerprint density at radius 3 is 2.45 bits per heavy atom. The summed E-state index contributed by atoms with van der Waals surface area (Å²) in [6.45, 7) is 2.58. The molecule has 0 aromatic heterocycles. The van der Waals surface area contributed by atoms with Crippen molar-refractivity contribution in [3.8, 4) is 16.9 Å². The number of nitrogens with two attached hydrogens (primary N) is 1. The second-order valence-corrected chi connectivity index (χ2v) is 8.07. The van der Waals surface area contributed by atoms with Crippen molar-refractivity contribution in [1.29, 1.82) is 0 Å². The summed E-state index contributed by atoms with van der Waals surface area (Å²) in [6, 6.07) is 21.1. The van der Waals surface area contributed by atoms with E-state index < -0.39 is 11.9 Å². The molecule has 0 saturated carbocycles. The number of ketones is 1. The number of hydrogen-bond donors (Lipinski definition) is 2. The average molecular weight is 415 g/mol. The molecule has 3 N–H and O–H groups in total. The molecule has 0 fully saturated rings. The van der Waals surface area contributed by atoms with Crippen LogP contribution in [0.2, 0.25) is 0 Å². The maximum Gasteiger partial charge on any atom is 0.239 e. The van der Waals surface area contributed by atoms with E-state index in [0.29, 0.717) is 25.9 Å². The molecule has 3 aromatic rings. The molecule has 3 aromatic carbocycles. The van der Waals surface area contributed by atoms with Crippen LogP contribution in [0.15, 0.2) is 66.7 Å². The van der Waals surface area contributed by atoms with Crippen molar-refractivity contribution in [2.24, 2.45) is 5.73 Å². The Morgan fingerprint density at radius 1 is 1.03 bits per heavy atom. The van der Waals surface area contributed by atoms with Gasteiger partial charge in [0.2, 0.25) is 5.91 Å². The van der Waals surface area contributed by atoms with Gasteiger partial charge in [0.1, 0.15) is 17.6 Å². The zero-order chi connectivity index (χ0) is 22.0. The third kappa shape index (κ3) is 4.23. The minimum absolute atomic E-state index is 0.0649. The number of carbonyl (C=O) groups excluding carboxylic acids is 2. The van der Waals surface area contributed by atoms with E-state index in [4.69, 9.17) is 5.73 Å². The van der Waals surface area contributed by atoms with Gasteiger partial charge < -0.3 is 15.6 Å². The predicted octanol–water partition coefficient (Wildman–Crippen LogP) is 4.12. The molecule has 1 amide bonds. The molecule has 0 bridgehead atoms. The van der Waals surface area contributed by atoms with Crippen LogP contribution in [-0.4, -0.2) is 21.7 Å². The molecule has 5 heteroatoms. The molecule has 4 rings (SSSR count). The molecule has 0 radical (unpaired) electrons. The molecule has 31 heavy (non-hydrogen) atoms. The van der Waals surface area contributed by atoms with Crippen LogP contribution in [0.3, 0.4) is 0 Å². The number of nitrogens with zero attached hydrogens (tertiary/aromatic N) is 1. The molecule has 1 atom stereocenters. The average Bonchev–Trinajstić information content (AvgIpc) is 3.12. The lowest BCUT2D eigenvalue weighted by atomic mass is 9.95. The summed E-state index contributed by atoms with van der Waals surface area (Å²) >= 11 is 0. The van der Waals surface area contributed by atoms with Crippen LogP contribution in [0, 0.1) is 0 Å². The van der Waals surface area contributed by atoms with Crippen molar-refractivity contribution in [3.05, 3.63) is 89.0 Å². The van der Waals surface area contributed by atoms with E-state index in [1.807, 2.05) is 35.2 Å². The fraction of sp³-hybridized carbons (Fsp3) is 0.231. The number of benzene rings is 3. The Hall–Kier alpha value is -3.44. The third-order valence-electron chi connectivity index (χ3n) is 5.94. The maximum atomic E-state index is 12.4. The van der Waals surface area contributed by atoms with E-state index in [-0.39, 0.29) is 11.5 Å². The highest BCUT2D eigenvalue weighted by molar-refractivity contribution is 5.83. The molecule has 158 valence electrons. The second-order valence-electron chi connectivity index (χ2n) is 8.07. The first kappa shape index (κ1) is 20.8. The van der Waals surface area contributed by atoms with Crippen molar-refractivity contribution in [1.82, 2.24) is 4.90 Å².